The molecular formula is C23H19FN4O. The number of hydrogen-bond acceptors (Lipinski definition) is 3. The van der Waals surface area contributed by atoms with Crippen LogP contribution < -0.4 is 5.56 Å². The largest absolute Gasteiger partial charge is 0.293 e. The van der Waals surface area contributed by atoms with E-state index in [1.807, 2.05) is 42.5 Å². The Bertz CT molecular complexity index is 1250. The molecular weight excluding hydrogens is 367 g/mol. The predicted octanol–water partition coefficient (Wildman–Crippen LogP) is 4.31. The van der Waals surface area contributed by atoms with Crippen LogP contribution in [-0.2, 0) is 6.54 Å². The highest BCUT2D eigenvalue weighted by molar-refractivity contribution is 5.82. The normalized spacial score (nSPS) is 14.1. The van der Waals surface area contributed by atoms with E-state index in [-0.39, 0.29) is 11.4 Å². The van der Waals surface area contributed by atoms with Crippen LogP contribution in [0.5, 0.6) is 0 Å². The topological polar surface area (TPSA) is 52.7 Å². The molecule has 0 saturated heterocycles. The molecule has 1 aliphatic rings. The van der Waals surface area contributed by atoms with Gasteiger partial charge in [-0.3, -0.25) is 4.79 Å². The number of hydrogen-bond donors (Lipinski definition) is 0. The number of benzene rings is 2. The summed E-state index contributed by atoms with van der Waals surface area (Å²) in [7, 11) is 0. The monoisotopic (exact) mass is 386 g/mol. The summed E-state index contributed by atoms with van der Waals surface area (Å²) < 4.78 is 16.4. The third-order valence-electron chi connectivity index (χ3n) is 5.13. The minimum Gasteiger partial charge on any atom is -0.265 e. The maximum Gasteiger partial charge on any atom is 0.293 e. The van der Waals surface area contributed by atoms with E-state index in [9.17, 15) is 9.18 Å². The minimum atomic E-state index is -0.325. The van der Waals surface area contributed by atoms with Crippen molar-refractivity contribution in [3.05, 3.63) is 94.3 Å². The van der Waals surface area contributed by atoms with Crippen LogP contribution in [-0.4, -0.2) is 19.6 Å². The second-order valence-corrected chi connectivity index (χ2v) is 7.25. The Hall–Kier alpha value is -3.54. The first-order valence-electron chi connectivity index (χ1n) is 9.67. The van der Waals surface area contributed by atoms with Crippen LogP contribution >= 0.6 is 0 Å². The number of halogens is 1. The van der Waals surface area contributed by atoms with E-state index in [4.69, 9.17) is 0 Å². The Kier molecular flexibility index (Phi) is 4.31. The molecule has 0 atom stereocenters. The average molecular weight is 386 g/mol. The molecule has 5 nitrogen and oxygen atoms in total. The van der Waals surface area contributed by atoms with Gasteiger partial charge in [-0.05, 0) is 42.7 Å². The zero-order valence-corrected chi connectivity index (χ0v) is 15.7. The summed E-state index contributed by atoms with van der Waals surface area (Å²) in [5.74, 6) is 0.0438. The molecule has 0 radical (unpaired) electrons. The Morgan fingerprint density at radius 2 is 1.83 bits per heavy atom. The van der Waals surface area contributed by atoms with Crippen molar-refractivity contribution in [3.8, 4) is 5.69 Å². The van der Waals surface area contributed by atoms with Gasteiger partial charge in [-0.1, -0.05) is 42.5 Å². The van der Waals surface area contributed by atoms with Crippen molar-refractivity contribution >= 4 is 17.0 Å². The number of nitrogens with zero attached hydrogens (tertiary/aromatic N) is 4. The number of allylic oxidation sites excluding steroid dienone is 1. The number of fused-ring (bicyclic) bond motifs is 1. The molecule has 0 amide bonds. The van der Waals surface area contributed by atoms with Crippen LogP contribution in [0.4, 0.5) is 4.39 Å². The maximum absolute atomic E-state index is 13.3. The highest BCUT2D eigenvalue weighted by Crippen LogP contribution is 2.41. The number of aromatic nitrogens is 4. The molecule has 0 spiro atoms. The van der Waals surface area contributed by atoms with Gasteiger partial charge in [0, 0.05) is 11.3 Å². The van der Waals surface area contributed by atoms with Gasteiger partial charge in [0.1, 0.15) is 11.3 Å². The highest BCUT2D eigenvalue weighted by Gasteiger charge is 2.30. The molecule has 0 aliphatic heterocycles. The first kappa shape index (κ1) is 17.6. The van der Waals surface area contributed by atoms with Gasteiger partial charge in [0.25, 0.3) is 5.56 Å². The van der Waals surface area contributed by atoms with E-state index in [0.717, 1.165) is 29.5 Å². The van der Waals surface area contributed by atoms with E-state index < -0.39 is 0 Å². The zero-order valence-electron chi connectivity index (χ0n) is 15.7. The summed E-state index contributed by atoms with van der Waals surface area (Å²) in [5, 5.41) is 9.86. The van der Waals surface area contributed by atoms with Gasteiger partial charge in [0.2, 0.25) is 0 Å². The van der Waals surface area contributed by atoms with Gasteiger partial charge < -0.3 is 0 Å². The van der Waals surface area contributed by atoms with Crippen LogP contribution in [0.2, 0.25) is 0 Å². The quantitative estimate of drug-likeness (QED) is 0.514. The lowest BCUT2D eigenvalue weighted by Crippen LogP contribution is -2.25. The van der Waals surface area contributed by atoms with E-state index in [0.29, 0.717) is 23.7 Å². The van der Waals surface area contributed by atoms with Crippen LogP contribution in [0.1, 0.15) is 30.0 Å². The van der Waals surface area contributed by atoms with Crippen LogP contribution in [0.15, 0.2) is 71.7 Å². The van der Waals surface area contributed by atoms with Crippen molar-refractivity contribution in [1.82, 2.24) is 19.6 Å². The van der Waals surface area contributed by atoms with Gasteiger partial charge in [-0.2, -0.15) is 10.2 Å². The second kappa shape index (κ2) is 7.13. The molecule has 29 heavy (non-hydrogen) atoms. The third kappa shape index (κ3) is 3.38. The Morgan fingerprint density at radius 3 is 2.55 bits per heavy atom. The lowest BCUT2D eigenvalue weighted by Gasteiger charge is -2.08. The van der Waals surface area contributed by atoms with Crippen molar-refractivity contribution in [1.29, 1.82) is 0 Å². The predicted molar refractivity (Wildman–Crippen MR) is 111 cm³/mol. The Balaban J connectivity index is 1.60. The van der Waals surface area contributed by atoms with Crippen LogP contribution in [0.3, 0.4) is 0 Å². The molecule has 2 aromatic carbocycles. The molecule has 0 unspecified atom stereocenters. The fourth-order valence-electron chi connectivity index (χ4n) is 3.51. The summed E-state index contributed by atoms with van der Waals surface area (Å²) in [6.07, 6.45) is 7.76. The molecule has 1 fully saturated rings. The maximum atomic E-state index is 13.3. The summed E-state index contributed by atoms with van der Waals surface area (Å²) in [5.41, 5.74) is 2.92. The Morgan fingerprint density at radius 1 is 1.07 bits per heavy atom. The van der Waals surface area contributed by atoms with Crippen LogP contribution in [0, 0.1) is 5.82 Å². The summed E-state index contributed by atoms with van der Waals surface area (Å²) in [4.78, 5) is 13.2. The lowest BCUT2D eigenvalue weighted by atomic mass is 10.2. The molecule has 144 valence electrons. The van der Waals surface area contributed by atoms with Gasteiger partial charge in [0.15, 0.2) is 0 Å². The van der Waals surface area contributed by atoms with Crippen LogP contribution in [0.25, 0.3) is 22.7 Å². The van der Waals surface area contributed by atoms with Gasteiger partial charge in [-0.15, -0.1) is 0 Å². The molecule has 2 heterocycles. The minimum absolute atomic E-state index is 0.205. The van der Waals surface area contributed by atoms with E-state index in [2.05, 4.69) is 10.2 Å². The fourth-order valence-corrected chi connectivity index (χ4v) is 3.51. The SMILES string of the molecule is O=c1c2c(cnn2-c2ccc(F)cc2)c(C2CC2)nn1C/C=C/c1ccccc1. The van der Waals surface area contributed by atoms with Crippen molar-refractivity contribution in [2.45, 2.75) is 25.3 Å². The molecule has 1 saturated carbocycles. The van der Waals surface area contributed by atoms with E-state index in [1.54, 1.807) is 23.0 Å². The summed E-state index contributed by atoms with van der Waals surface area (Å²) in [6, 6.07) is 15.9. The van der Waals surface area contributed by atoms with Crippen molar-refractivity contribution in [2.24, 2.45) is 0 Å². The smallest absolute Gasteiger partial charge is 0.265 e. The summed E-state index contributed by atoms with van der Waals surface area (Å²) in [6.45, 7) is 0.373. The lowest BCUT2D eigenvalue weighted by molar-refractivity contribution is 0.626. The van der Waals surface area contributed by atoms with Gasteiger partial charge in [-0.25, -0.2) is 13.8 Å². The standard InChI is InChI=1S/C23H19FN4O/c24-18-10-12-19(13-11-18)28-22-20(15-25-28)21(17-8-9-17)26-27(23(22)29)14-4-7-16-5-2-1-3-6-16/h1-7,10-13,15,17H,8-9,14H2/b7-4+. The van der Waals surface area contributed by atoms with E-state index in [1.165, 1.54) is 16.8 Å². The molecule has 6 heteroatoms. The molecule has 0 N–H and O–H groups in total. The fraction of sp³-hybridized carbons (Fsp3) is 0.174. The zero-order chi connectivity index (χ0) is 19.8. The first-order valence-corrected chi connectivity index (χ1v) is 9.67. The second-order valence-electron chi connectivity index (χ2n) is 7.25. The van der Waals surface area contributed by atoms with Gasteiger partial charge >= 0.3 is 0 Å². The van der Waals surface area contributed by atoms with Gasteiger partial charge in [0.05, 0.1) is 24.1 Å². The molecule has 0 bridgehead atoms. The average Bonchev–Trinajstić information content (AvgIpc) is 3.49. The molecule has 1 aliphatic carbocycles. The van der Waals surface area contributed by atoms with E-state index >= 15 is 0 Å². The van der Waals surface area contributed by atoms with Crippen molar-refractivity contribution in [2.75, 3.05) is 0 Å². The van der Waals surface area contributed by atoms with Crippen molar-refractivity contribution in [3.63, 3.8) is 0 Å². The third-order valence-corrected chi connectivity index (χ3v) is 5.13. The molecule has 5 rings (SSSR count). The molecule has 2 aromatic heterocycles. The highest BCUT2D eigenvalue weighted by atomic mass is 19.1. The molecule has 4 aromatic rings. The number of rotatable bonds is 5. The Labute approximate surface area is 166 Å². The summed E-state index contributed by atoms with van der Waals surface area (Å²) >= 11 is 0. The first-order chi connectivity index (χ1) is 14.2. The van der Waals surface area contributed by atoms with Crippen molar-refractivity contribution < 1.29 is 4.39 Å².